The number of primary amides is 1. The maximum Gasteiger partial charge on any atom is 0.272 e. The summed E-state index contributed by atoms with van der Waals surface area (Å²) in [4.78, 5) is 42.6. The van der Waals surface area contributed by atoms with Gasteiger partial charge in [-0.1, -0.05) is 12.1 Å². The van der Waals surface area contributed by atoms with Crippen LogP contribution in [0.2, 0.25) is 0 Å². The number of H-pyrrole nitrogens is 1. The third-order valence-electron chi connectivity index (χ3n) is 4.76. The summed E-state index contributed by atoms with van der Waals surface area (Å²) in [6.07, 6.45) is 2.68. The van der Waals surface area contributed by atoms with Crippen molar-refractivity contribution in [3.05, 3.63) is 106 Å². The maximum atomic E-state index is 14.6. The van der Waals surface area contributed by atoms with Crippen molar-refractivity contribution in [1.29, 1.82) is 0 Å². The first-order chi connectivity index (χ1) is 16.3. The second-order valence-electron chi connectivity index (χ2n) is 7.04. The van der Waals surface area contributed by atoms with Crippen LogP contribution in [0.25, 0.3) is 11.1 Å². The van der Waals surface area contributed by atoms with Crippen LogP contribution in [0.5, 0.6) is 11.5 Å². The van der Waals surface area contributed by atoms with Gasteiger partial charge < -0.3 is 20.8 Å². The fourth-order valence-corrected chi connectivity index (χ4v) is 3.12. The maximum absolute atomic E-state index is 14.6. The average molecular weight is 462 g/mol. The van der Waals surface area contributed by atoms with Crippen LogP contribution >= 0.6 is 0 Å². The van der Waals surface area contributed by atoms with Crippen LogP contribution < -0.4 is 21.3 Å². The molecule has 0 unspecified atom stereocenters. The first-order valence-electron chi connectivity index (χ1n) is 9.84. The van der Waals surface area contributed by atoms with Gasteiger partial charge in [-0.05, 0) is 48.0 Å². The van der Waals surface area contributed by atoms with Crippen LogP contribution in [0.15, 0.2) is 77.9 Å². The van der Waals surface area contributed by atoms with E-state index in [4.69, 9.17) is 10.5 Å². The van der Waals surface area contributed by atoms with Crippen molar-refractivity contribution < 1.29 is 23.1 Å². The molecule has 0 bridgehead atoms. The van der Waals surface area contributed by atoms with Crippen molar-refractivity contribution in [1.82, 2.24) is 9.97 Å². The van der Waals surface area contributed by atoms with E-state index in [2.05, 4.69) is 15.3 Å². The number of rotatable bonds is 6. The predicted molar refractivity (Wildman–Crippen MR) is 120 cm³/mol. The van der Waals surface area contributed by atoms with Gasteiger partial charge in [-0.25, -0.2) is 8.78 Å². The number of carbonyl (C=O) groups is 2. The monoisotopic (exact) mass is 462 g/mol. The lowest BCUT2D eigenvalue weighted by Crippen LogP contribution is -2.20. The molecule has 4 N–H and O–H groups in total. The van der Waals surface area contributed by atoms with Crippen molar-refractivity contribution in [2.24, 2.45) is 5.73 Å². The number of nitrogens with one attached hydrogen (secondary N) is 2. The number of nitrogens with two attached hydrogens (primary N) is 1. The number of aromatic amines is 1. The van der Waals surface area contributed by atoms with Crippen molar-refractivity contribution in [2.45, 2.75) is 0 Å². The van der Waals surface area contributed by atoms with Crippen molar-refractivity contribution in [3.63, 3.8) is 0 Å². The number of pyridine rings is 2. The molecule has 2 aromatic heterocycles. The first-order valence-corrected chi connectivity index (χ1v) is 9.84. The number of ether oxygens (including phenoxy) is 1. The van der Waals surface area contributed by atoms with Gasteiger partial charge in [-0.15, -0.1) is 0 Å². The molecule has 2 amide bonds. The fraction of sp³-hybridized carbons (Fsp3) is 0. The van der Waals surface area contributed by atoms with Gasteiger partial charge in [0.15, 0.2) is 11.6 Å². The van der Waals surface area contributed by atoms with E-state index in [0.29, 0.717) is 11.1 Å². The molecule has 0 atom stereocenters. The minimum absolute atomic E-state index is 0.0565. The smallest absolute Gasteiger partial charge is 0.272 e. The predicted octanol–water partition coefficient (Wildman–Crippen LogP) is 3.86. The van der Waals surface area contributed by atoms with Gasteiger partial charge in [-0.3, -0.25) is 19.4 Å². The number of nitrogens with zero attached hydrogens (tertiary/aromatic N) is 1. The molecule has 8 nitrogen and oxygen atoms in total. The number of hydrogen-bond donors (Lipinski definition) is 3. The molecular weight excluding hydrogens is 446 g/mol. The van der Waals surface area contributed by atoms with Crippen LogP contribution in [-0.4, -0.2) is 21.8 Å². The highest BCUT2D eigenvalue weighted by Crippen LogP contribution is 2.27. The van der Waals surface area contributed by atoms with Gasteiger partial charge in [0.1, 0.15) is 22.9 Å². The molecule has 0 spiro atoms. The van der Waals surface area contributed by atoms with Crippen LogP contribution in [0.3, 0.4) is 0 Å². The lowest BCUT2D eigenvalue weighted by Gasteiger charge is -2.12. The summed E-state index contributed by atoms with van der Waals surface area (Å²) in [6.45, 7) is 0. The van der Waals surface area contributed by atoms with Crippen molar-refractivity contribution >= 4 is 17.5 Å². The van der Waals surface area contributed by atoms with Crippen LogP contribution in [-0.2, 0) is 0 Å². The SMILES string of the molecule is NC(=O)c1cc(Oc2ccc(C(=O)Nc3c(-c4ccc(F)cc4)cc[nH]c3=O)cc2F)ccn1. The molecule has 4 rings (SSSR count). The Balaban J connectivity index is 1.58. The number of benzene rings is 2. The summed E-state index contributed by atoms with van der Waals surface area (Å²) in [6, 6.07) is 13.1. The van der Waals surface area contributed by atoms with Crippen LogP contribution in [0, 0.1) is 11.6 Å². The summed E-state index contributed by atoms with van der Waals surface area (Å²) in [5, 5.41) is 2.48. The molecule has 34 heavy (non-hydrogen) atoms. The number of hydrogen-bond acceptors (Lipinski definition) is 5. The van der Waals surface area contributed by atoms with E-state index in [0.717, 1.165) is 6.07 Å². The molecular formula is C24H16F2N4O4. The normalized spacial score (nSPS) is 10.5. The number of amides is 2. The minimum Gasteiger partial charge on any atom is -0.454 e. The molecule has 0 aliphatic carbocycles. The minimum atomic E-state index is -0.856. The largest absolute Gasteiger partial charge is 0.454 e. The molecule has 2 aromatic carbocycles. The van der Waals surface area contributed by atoms with Gasteiger partial charge in [-0.2, -0.15) is 0 Å². The summed E-state index contributed by atoms with van der Waals surface area (Å²) < 4.78 is 33.3. The Hall–Kier alpha value is -4.86. The van der Waals surface area contributed by atoms with E-state index in [9.17, 15) is 23.2 Å². The zero-order valence-corrected chi connectivity index (χ0v) is 17.3. The standard InChI is InChI=1S/C24H16F2N4O4/c25-15-4-1-13(2-5-15)17-8-10-29-24(33)21(17)30-23(32)14-3-6-20(18(26)11-14)34-16-7-9-28-19(12-16)22(27)31/h1-12H,(H2,27,31)(H,29,33)(H,30,32). The summed E-state index contributed by atoms with van der Waals surface area (Å²) in [5.41, 5.74) is 5.24. The molecule has 2 heterocycles. The Labute approximate surface area is 191 Å². The molecule has 0 aliphatic rings. The third-order valence-corrected chi connectivity index (χ3v) is 4.76. The van der Waals surface area contributed by atoms with E-state index in [1.165, 1.54) is 60.9 Å². The van der Waals surface area contributed by atoms with Gasteiger partial charge in [0.05, 0.1) is 0 Å². The lowest BCUT2D eigenvalue weighted by atomic mass is 10.0. The molecule has 0 saturated heterocycles. The lowest BCUT2D eigenvalue weighted by molar-refractivity contribution is 0.0993. The first kappa shape index (κ1) is 22.3. The van der Waals surface area contributed by atoms with E-state index in [1.807, 2.05) is 0 Å². The van der Waals surface area contributed by atoms with Crippen LogP contribution in [0.1, 0.15) is 20.8 Å². The number of carbonyl (C=O) groups excluding carboxylic acids is 2. The number of anilines is 1. The molecule has 10 heteroatoms. The Morgan fingerprint density at radius 2 is 1.76 bits per heavy atom. The van der Waals surface area contributed by atoms with Gasteiger partial charge in [0.2, 0.25) is 0 Å². The Morgan fingerprint density at radius 1 is 1.00 bits per heavy atom. The van der Waals surface area contributed by atoms with Gasteiger partial charge in [0, 0.05) is 29.6 Å². The molecule has 0 aliphatic heterocycles. The van der Waals surface area contributed by atoms with Crippen molar-refractivity contribution in [3.8, 4) is 22.6 Å². The Bertz CT molecular complexity index is 1450. The summed E-state index contributed by atoms with van der Waals surface area (Å²) in [7, 11) is 0. The highest BCUT2D eigenvalue weighted by Gasteiger charge is 2.16. The molecule has 0 fully saturated rings. The topological polar surface area (TPSA) is 127 Å². The number of halogens is 2. The highest BCUT2D eigenvalue weighted by atomic mass is 19.1. The van der Waals surface area contributed by atoms with Gasteiger partial charge in [0.25, 0.3) is 17.4 Å². The average Bonchev–Trinajstić information content (AvgIpc) is 2.82. The quantitative estimate of drug-likeness (QED) is 0.401. The van der Waals surface area contributed by atoms with E-state index in [-0.39, 0.29) is 28.4 Å². The molecule has 170 valence electrons. The number of aromatic nitrogens is 2. The second-order valence-corrected chi connectivity index (χ2v) is 7.04. The summed E-state index contributed by atoms with van der Waals surface area (Å²) in [5.74, 6) is -2.90. The highest BCUT2D eigenvalue weighted by molar-refractivity contribution is 6.06. The van der Waals surface area contributed by atoms with Crippen LogP contribution in [0.4, 0.5) is 14.5 Å². The van der Waals surface area contributed by atoms with Crippen molar-refractivity contribution in [2.75, 3.05) is 5.32 Å². The summed E-state index contributed by atoms with van der Waals surface area (Å²) >= 11 is 0. The van der Waals surface area contributed by atoms with E-state index < -0.39 is 29.0 Å². The second kappa shape index (κ2) is 9.33. The Kier molecular flexibility index (Phi) is 6.13. The molecule has 0 radical (unpaired) electrons. The van der Waals surface area contributed by atoms with Gasteiger partial charge >= 0.3 is 0 Å². The zero-order chi connectivity index (χ0) is 24.2. The van der Waals surface area contributed by atoms with E-state index >= 15 is 0 Å². The Morgan fingerprint density at radius 3 is 2.47 bits per heavy atom. The fourth-order valence-electron chi connectivity index (χ4n) is 3.12. The third kappa shape index (κ3) is 4.80. The zero-order valence-electron chi connectivity index (χ0n) is 17.3. The molecule has 0 saturated carbocycles. The van der Waals surface area contributed by atoms with E-state index in [1.54, 1.807) is 6.07 Å². The molecule has 4 aromatic rings.